The van der Waals surface area contributed by atoms with Gasteiger partial charge in [-0.15, -0.1) is 0 Å². The minimum absolute atomic E-state index is 0.142. The van der Waals surface area contributed by atoms with Crippen LogP contribution in [0.3, 0.4) is 0 Å². The molecule has 2 aromatic rings. The molecule has 1 saturated heterocycles. The second-order valence-electron chi connectivity index (χ2n) is 4.62. The standard InChI is InChI=1S/C13H16N4O2/c1-14-11-8-18-7-10(11)13-16-12(17-19-13)6-9-2-4-15-5-3-9/h2-5,10-11,14H,6-8H2,1H3. The van der Waals surface area contributed by atoms with E-state index in [1.165, 1.54) is 0 Å². The van der Waals surface area contributed by atoms with Crippen LogP contribution in [0.1, 0.15) is 23.2 Å². The zero-order valence-corrected chi connectivity index (χ0v) is 10.7. The van der Waals surface area contributed by atoms with Crippen molar-refractivity contribution in [3.8, 4) is 0 Å². The van der Waals surface area contributed by atoms with Crippen LogP contribution in [0.2, 0.25) is 0 Å². The summed E-state index contributed by atoms with van der Waals surface area (Å²) in [5, 5.41) is 7.25. The Hall–Kier alpha value is -1.79. The number of aromatic nitrogens is 3. The quantitative estimate of drug-likeness (QED) is 0.874. The number of pyridine rings is 1. The number of rotatable bonds is 4. The van der Waals surface area contributed by atoms with Gasteiger partial charge >= 0.3 is 0 Å². The fourth-order valence-electron chi connectivity index (χ4n) is 2.26. The van der Waals surface area contributed by atoms with Crippen LogP contribution in [-0.2, 0) is 11.2 Å². The molecule has 6 nitrogen and oxygen atoms in total. The van der Waals surface area contributed by atoms with Gasteiger partial charge in [0.2, 0.25) is 5.89 Å². The van der Waals surface area contributed by atoms with E-state index in [0.29, 0.717) is 31.3 Å². The maximum Gasteiger partial charge on any atom is 0.233 e. The van der Waals surface area contributed by atoms with E-state index < -0.39 is 0 Å². The van der Waals surface area contributed by atoms with E-state index in [9.17, 15) is 0 Å². The second kappa shape index (κ2) is 5.46. The van der Waals surface area contributed by atoms with Crippen molar-refractivity contribution >= 4 is 0 Å². The molecule has 6 heteroatoms. The Morgan fingerprint density at radius 2 is 2.16 bits per heavy atom. The molecule has 0 aromatic carbocycles. The van der Waals surface area contributed by atoms with Crippen molar-refractivity contribution in [2.24, 2.45) is 0 Å². The molecule has 0 aliphatic carbocycles. The molecule has 1 fully saturated rings. The van der Waals surface area contributed by atoms with Crippen LogP contribution < -0.4 is 5.32 Å². The van der Waals surface area contributed by atoms with Gasteiger partial charge in [-0.2, -0.15) is 4.98 Å². The fourth-order valence-corrected chi connectivity index (χ4v) is 2.26. The van der Waals surface area contributed by atoms with E-state index in [1.807, 2.05) is 19.2 Å². The molecule has 2 aromatic heterocycles. The van der Waals surface area contributed by atoms with Crippen LogP contribution >= 0.6 is 0 Å². The molecule has 1 aliphatic heterocycles. The average molecular weight is 260 g/mol. The summed E-state index contributed by atoms with van der Waals surface area (Å²) >= 11 is 0. The summed E-state index contributed by atoms with van der Waals surface area (Å²) in [7, 11) is 1.92. The van der Waals surface area contributed by atoms with E-state index in [4.69, 9.17) is 9.26 Å². The SMILES string of the molecule is CNC1COCC1c1nc(Cc2ccncc2)no1. The Labute approximate surface area is 111 Å². The number of likely N-dealkylation sites (N-methyl/N-ethyl adjacent to an activating group) is 1. The van der Waals surface area contributed by atoms with Crippen molar-refractivity contribution in [3.63, 3.8) is 0 Å². The first-order valence-corrected chi connectivity index (χ1v) is 6.33. The number of hydrogen-bond acceptors (Lipinski definition) is 6. The maximum absolute atomic E-state index is 5.44. The van der Waals surface area contributed by atoms with Gasteiger partial charge < -0.3 is 14.6 Å². The molecule has 19 heavy (non-hydrogen) atoms. The Bertz CT molecular complexity index is 528. The van der Waals surface area contributed by atoms with Crippen LogP contribution in [0.4, 0.5) is 0 Å². The summed E-state index contributed by atoms with van der Waals surface area (Å²) in [5.74, 6) is 1.49. The third-order valence-electron chi connectivity index (χ3n) is 3.36. The Morgan fingerprint density at radius 3 is 2.95 bits per heavy atom. The second-order valence-corrected chi connectivity index (χ2v) is 4.62. The zero-order valence-electron chi connectivity index (χ0n) is 10.7. The van der Waals surface area contributed by atoms with E-state index in [2.05, 4.69) is 20.4 Å². The fraction of sp³-hybridized carbons (Fsp3) is 0.462. The number of ether oxygens (including phenoxy) is 1. The lowest BCUT2D eigenvalue weighted by molar-refractivity contribution is 0.185. The highest BCUT2D eigenvalue weighted by molar-refractivity contribution is 5.15. The third-order valence-corrected chi connectivity index (χ3v) is 3.36. The summed E-state index contributed by atoms with van der Waals surface area (Å²) in [6, 6.07) is 4.14. The largest absolute Gasteiger partial charge is 0.379 e. The molecule has 0 bridgehead atoms. The first-order chi connectivity index (χ1) is 9.36. The number of nitrogens with one attached hydrogen (secondary N) is 1. The van der Waals surface area contributed by atoms with Crippen molar-refractivity contribution in [1.82, 2.24) is 20.4 Å². The van der Waals surface area contributed by atoms with Gasteiger partial charge in [0.1, 0.15) is 0 Å². The van der Waals surface area contributed by atoms with Crippen molar-refractivity contribution in [2.45, 2.75) is 18.4 Å². The Morgan fingerprint density at radius 1 is 1.32 bits per heavy atom. The van der Waals surface area contributed by atoms with Crippen molar-refractivity contribution in [1.29, 1.82) is 0 Å². The monoisotopic (exact) mass is 260 g/mol. The van der Waals surface area contributed by atoms with E-state index in [0.717, 1.165) is 5.56 Å². The van der Waals surface area contributed by atoms with Gasteiger partial charge in [-0.25, -0.2) is 0 Å². The summed E-state index contributed by atoms with van der Waals surface area (Å²) in [6.07, 6.45) is 4.18. The minimum atomic E-state index is 0.142. The highest BCUT2D eigenvalue weighted by Gasteiger charge is 2.32. The zero-order chi connectivity index (χ0) is 13.1. The average Bonchev–Trinajstić information content (AvgIpc) is 3.07. The van der Waals surface area contributed by atoms with Crippen LogP contribution in [-0.4, -0.2) is 41.4 Å². The molecule has 1 N–H and O–H groups in total. The Balaban J connectivity index is 1.73. The summed E-state index contributed by atoms with van der Waals surface area (Å²) < 4.78 is 10.8. The smallest absolute Gasteiger partial charge is 0.233 e. The molecule has 0 radical (unpaired) electrons. The van der Waals surface area contributed by atoms with Gasteiger partial charge in [-0.1, -0.05) is 5.16 Å². The lowest BCUT2D eigenvalue weighted by Gasteiger charge is -2.11. The van der Waals surface area contributed by atoms with E-state index in [-0.39, 0.29) is 12.0 Å². The van der Waals surface area contributed by atoms with Crippen LogP contribution in [0.15, 0.2) is 29.0 Å². The van der Waals surface area contributed by atoms with Crippen LogP contribution in [0, 0.1) is 0 Å². The van der Waals surface area contributed by atoms with E-state index >= 15 is 0 Å². The molecule has 2 unspecified atom stereocenters. The van der Waals surface area contributed by atoms with Crippen molar-refractivity contribution in [3.05, 3.63) is 41.8 Å². The molecular formula is C13H16N4O2. The normalized spacial score (nSPS) is 22.8. The molecule has 3 heterocycles. The first kappa shape index (κ1) is 12.3. The van der Waals surface area contributed by atoms with Gasteiger partial charge in [0.15, 0.2) is 5.82 Å². The predicted octanol–water partition coefficient (Wildman–Crippen LogP) is 0.757. The lowest BCUT2D eigenvalue weighted by Crippen LogP contribution is -2.31. The van der Waals surface area contributed by atoms with Gasteiger partial charge in [0, 0.05) is 24.9 Å². The van der Waals surface area contributed by atoms with Crippen LogP contribution in [0.25, 0.3) is 0 Å². The first-order valence-electron chi connectivity index (χ1n) is 6.33. The predicted molar refractivity (Wildman–Crippen MR) is 67.7 cm³/mol. The third kappa shape index (κ3) is 2.64. The molecule has 0 spiro atoms. The molecule has 0 amide bonds. The van der Waals surface area contributed by atoms with Gasteiger partial charge in [0.05, 0.1) is 19.1 Å². The van der Waals surface area contributed by atoms with E-state index in [1.54, 1.807) is 12.4 Å². The van der Waals surface area contributed by atoms with Gasteiger partial charge in [-0.3, -0.25) is 4.98 Å². The summed E-state index contributed by atoms with van der Waals surface area (Å²) in [5.41, 5.74) is 1.12. The molecule has 100 valence electrons. The number of hydrogen-bond donors (Lipinski definition) is 1. The molecule has 0 saturated carbocycles. The lowest BCUT2D eigenvalue weighted by atomic mass is 10.0. The molecule has 2 atom stereocenters. The summed E-state index contributed by atoms with van der Waals surface area (Å²) in [4.78, 5) is 8.45. The maximum atomic E-state index is 5.44. The Kier molecular flexibility index (Phi) is 3.52. The topological polar surface area (TPSA) is 73.1 Å². The summed E-state index contributed by atoms with van der Waals surface area (Å²) in [6.45, 7) is 1.31. The van der Waals surface area contributed by atoms with Crippen molar-refractivity contribution < 1.29 is 9.26 Å². The molecule has 3 rings (SSSR count). The van der Waals surface area contributed by atoms with Gasteiger partial charge in [-0.05, 0) is 24.7 Å². The van der Waals surface area contributed by atoms with Crippen LogP contribution in [0.5, 0.6) is 0 Å². The highest BCUT2D eigenvalue weighted by atomic mass is 16.5. The van der Waals surface area contributed by atoms with Crippen molar-refractivity contribution in [2.75, 3.05) is 20.3 Å². The van der Waals surface area contributed by atoms with Gasteiger partial charge in [0.25, 0.3) is 0 Å². The minimum Gasteiger partial charge on any atom is -0.379 e. The highest BCUT2D eigenvalue weighted by Crippen LogP contribution is 2.24. The molecular weight excluding hydrogens is 244 g/mol. The molecule has 1 aliphatic rings. The number of nitrogens with zero attached hydrogens (tertiary/aromatic N) is 3.